The van der Waals surface area contributed by atoms with E-state index in [9.17, 15) is 5.11 Å². The van der Waals surface area contributed by atoms with Crippen LogP contribution in [0.2, 0.25) is 0 Å². The Bertz CT molecular complexity index is 155. The van der Waals surface area contributed by atoms with Crippen LogP contribution in [0.3, 0.4) is 0 Å². The first-order valence-corrected chi connectivity index (χ1v) is 4.97. The molecule has 0 spiro atoms. The summed E-state index contributed by atoms with van der Waals surface area (Å²) in [5.41, 5.74) is -0.166. The highest BCUT2D eigenvalue weighted by Gasteiger charge is 2.47. The minimum Gasteiger partial charge on any atom is -0.393 e. The summed E-state index contributed by atoms with van der Waals surface area (Å²) in [5.74, 6) is 1.44. The highest BCUT2D eigenvalue weighted by Crippen LogP contribution is 2.48. The lowest BCUT2D eigenvalue weighted by molar-refractivity contribution is -0.148. The molecule has 0 aromatic carbocycles. The first kappa shape index (κ1) is 8.52. The van der Waals surface area contributed by atoms with Crippen molar-refractivity contribution in [2.45, 2.75) is 37.7 Å². The van der Waals surface area contributed by atoms with Crippen LogP contribution < -0.4 is 0 Å². The van der Waals surface area contributed by atoms with E-state index in [1.54, 1.807) is 7.11 Å². The van der Waals surface area contributed by atoms with Crippen LogP contribution >= 0.6 is 0 Å². The number of hydrogen-bond acceptors (Lipinski definition) is 2. The summed E-state index contributed by atoms with van der Waals surface area (Å²) in [6.45, 7) is 0.213. The van der Waals surface area contributed by atoms with Crippen molar-refractivity contribution in [1.29, 1.82) is 0 Å². The van der Waals surface area contributed by atoms with E-state index >= 15 is 0 Å². The molecule has 1 atom stereocenters. The molecule has 0 saturated heterocycles. The van der Waals surface area contributed by atoms with Crippen LogP contribution in [-0.2, 0) is 4.74 Å². The third-order valence-electron chi connectivity index (χ3n) is 3.90. The number of ether oxygens (including phenoxy) is 1. The predicted octanol–water partition coefficient (Wildman–Crippen LogP) is 1.57. The van der Waals surface area contributed by atoms with Crippen LogP contribution in [-0.4, -0.2) is 24.4 Å². The molecule has 3 rings (SSSR count). The molecule has 0 aliphatic heterocycles. The van der Waals surface area contributed by atoms with Crippen molar-refractivity contribution in [2.24, 2.45) is 11.8 Å². The molecular weight excluding hydrogens is 152 g/mol. The molecule has 3 aliphatic carbocycles. The van der Waals surface area contributed by atoms with E-state index in [1.165, 1.54) is 25.7 Å². The van der Waals surface area contributed by atoms with E-state index in [1.807, 2.05) is 0 Å². The number of hydrogen-bond donors (Lipinski definition) is 1. The molecule has 12 heavy (non-hydrogen) atoms. The normalized spacial score (nSPS) is 46.5. The largest absolute Gasteiger partial charge is 0.393 e. The van der Waals surface area contributed by atoms with Gasteiger partial charge in [0.05, 0.1) is 12.2 Å². The molecule has 2 nitrogen and oxygen atoms in total. The van der Waals surface area contributed by atoms with Crippen LogP contribution in [0.5, 0.6) is 0 Å². The Kier molecular flexibility index (Phi) is 2.13. The van der Waals surface area contributed by atoms with Crippen LogP contribution in [0, 0.1) is 11.8 Å². The lowest BCUT2D eigenvalue weighted by Gasteiger charge is -2.49. The van der Waals surface area contributed by atoms with Gasteiger partial charge in [-0.3, -0.25) is 0 Å². The van der Waals surface area contributed by atoms with Crippen LogP contribution in [0.4, 0.5) is 0 Å². The molecule has 70 valence electrons. The van der Waals surface area contributed by atoms with Gasteiger partial charge in [-0.2, -0.15) is 0 Å². The summed E-state index contributed by atoms with van der Waals surface area (Å²) in [7, 11) is 1.75. The number of aliphatic hydroxyl groups excluding tert-OH is 1. The second-order valence-electron chi connectivity index (χ2n) is 4.35. The summed E-state index contributed by atoms with van der Waals surface area (Å²) < 4.78 is 5.51. The molecule has 0 aromatic rings. The highest BCUT2D eigenvalue weighted by atomic mass is 16.5. The van der Waals surface area contributed by atoms with Crippen molar-refractivity contribution in [3.8, 4) is 0 Å². The van der Waals surface area contributed by atoms with Gasteiger partial charge in [-0.1, -0.05) is 0 Å². The SMILES string of the molecule is COC1(CO)CC2CCC1CC2. The Labute approximate surface area is 73.9 Å². The molecular formula is C10H18O2. The molecule has 3 fully saturated rings. The zero-order valence-electron chi connectivity index (χ0n) is 7.75. The first-order valence-electron chi connectivity index (χ1n) is 4.97. The smallest absolute Gasteiger partial charge is 0.0938 e. The van der Waals surface area contributed by atoms with Crippen LogP contribution in [0.15, 0.2) is 0 Å². The molecule has 1 unspecified atom stereocenters. The van der Waals surface area contributed by atoms with Crippen molar-refractivity contribution in [3.05, 3.63) is 0 Å². The lowest BCUT2D eigenvalue weighted by Crippen LogP contribution is -2.51. The molecule has 3 aliphatic rings. The average Bonchev–Trinajstić information content (AvgIpc) is 2.19. The first-order chi connectivity index (χ1) is 5.80. The Balaban J connectivity index is 2.15. The molecule has 2 heteroatoms. The minimum absolute atomic E-state index is 0.166. The van der Waals surface area contributed by atoms with Crippen molar-refractivity contribution < 1.29 is 9.84 Å². The Morgan fingerprint density at radius 1 is 1.33 bits per heavy atom. The van der Waals surface area contributed by atoms with E-state index in [0.29, 0.717) is 5.92 Å². The van der Waals surface area contributed by atoms with Gasteiger partial charge in [-0.15, -0.1) is 0 Å². The zero-order chi connectivity index (χ0) is 8.60. The predicted molar refractivity (Wildman–Crippen MR) is 46.9 cm³/mol. The second-order valence-corrected chi connectivity index (χ2v) is 4.35. The summed E-state index contributed by atoms with van der Waals surface area (Å²) in [4.78, 5) is 0. The number of methoxy groups -OCH3 is 1. The quantitative estimate of drug-likeness (QED) is 0.681. The summed E-state index contributed by atoms with van der Waals surface area (Å²) in [6.07, 6.45) is 6.33. The molecule has 2 bridgehead atoms. The molecule has 0 aromatic heterocycles. The van der Waals surface area contributed by atoms with Crippen molar-refractivity contribution in [1.82, 2.24) is 0 Å². The van der Waals surface area contributed by atoms with E-state index in [0.717, 1.165) is 12.3 Å². The molecule has 0 amide bonds. The van der Waals surface area contributed by atoms with Crippen LogP contribution in [0.1, 0.15) is 32.1 Å². The Morgan fingerprint density at radius 3 is 2.25 bits per heavy atom. The Hall–Kier alpha value is -0.0800. The van der Waals surface area contributed by atoms with Gasteiger partial charge in [0.2, 0.25) is 0 Å². The third kappa shape index (κ3) is 1.09. The van der Waals surface area contributed by atoms with Gasteiger partial charge in [0.1, 0.15) is 0 Å². The fourth-order valence-electron chi connectivity index (χ4n) is 3.06. The standard InChI is InChI=1S/C10H18O2/c1-12-10(7-11)6-8-2-4-9(10)5-3-8/h8-9,11H,2-7H2,1H3. The molecule has 0 radical (unpaired) electrons. The number of fused-ring (bicyclic) bond motifs is 3. The second kappa shape index (κ2) is 3.00. The molecule has 3 saturated carbocycles. The highest BCUT2D eigenvalue weighted by molar-refractivity contribution is 4.98. The van der Waals surface area contributed by atoms with E-state index in [2.05, 4.69) is 0 Å². The van der Waals surface area contributed by atoms with Crippen molar-refractivity contribution >= 4 is 0 Å². The van der Waals surface area contributed by atoms with Gasteiger partial charge in [-0.25, -0.2) is 0 Å². The average molecular weight is 170 g/mol. The molecule has 0 heterocycles. The Morgan fingerprint density at radius 2 is 2.00 bits per heavy atom. The van der Waals surface area contributed by atoms with Crippen molar-refractivity contribution in [3.63, 3.8) is 0 Å². The van der Waals surface area contributed by atoms with Gasteiger partial charge < -0.3 is 9.84 Å². The third-order valence-corrected chi connectivity index (χ3v) is 3.90. The van der Waals surface area contributed by atoms with Gasteiger partial charge in [0.15, 0.2) is 0 Å². The molecule has 1 N–H and O–H groups in total. The van der Waals surface area contributed by atoms with E-state index < -0.39 is 0 Å². The van der Waals surface area contributed by atoms with E-state index in [4.69, 9.17) is 4.74 Å². The number of aliphatic hydroxyl groups is 1. The van der Waals surface area contributed by atoms with Gasteiger partial charge in [0, 0.05) is 7.11 Å². The zero-order valence-corrected chi connectivity index (χ0v) is 7.75. The van der Waals surface area contributed by atoms with Gasteiger partial charge in [0.25, 0.3) is 0 Å². The maximum Gasteiger partial charge on any atom is 0.0938 e. The summed E-state index contributed by atoms with van der Waals surface area (Å²) >= 11 is 0. The fraction of sp³-hybridized carbons (Fsp3) is 1.00. The summed E-state index contributed by atoms with van der Waals surface area (Å²) in [5, 5.41) is 9.34. The lowest BCUT2D eigenvalue weighted by atomic mass is 9.62. The fourth-order valence-corrected chi connectivity index (χ4v) is 3.06. The van der Waals surface area contributed by atoms with E-state index in [-0.39, 0.29) is 12.2 Å². The minimum atomic E-state index is -0.166. The monoisotopic (exact) mass is 170 g/mol. The number of rotatable bonds is 2. The maximum absolute atomic E-state index is 9.34. The topological polar surface area (TPSA) is 29.5 Å². The maximum atomic E-state index is 9.34. The summed E-state index contributed by atoms with van der Waals surface area (Å²) in [6, 6.07) is 0. The van der Waals surface area contributed by atoms with Crippen LogP contribution in [0.25, 0.3) is 0 Å². The van der Waals surface area contributed by atoms with Gasteiger partial charge in [-0.05, 0) is 43.9 Å². The van der Waals surface area contributed by atoms with Crippen molar-refractivity contribution in [2.75, 3.05) is 13.7 Å². The van der Waals surface area contributed by atoms with Gasteiger partial charge >= 0.3 is 0 Å².